The SMILES string of the molecule is C[C@@H]1CCC[C@H](C)N1C(=O)c1cccc(-c2cccc(-n3ncc(C(=O)O)c3[C@H]3C[C@@H]3c3cn(C)nn3)c2)c1F. The van der Waals surface area contributed by atoms with Crippen molar-refractivity contribution in [3.8, 4) is 16.8 Å². The van der Waals surface area contributed by atoms with Gasteiger partial charge in [0.2, 0.25) is 0 Å². The van der Waals surface area contributed by atoms with Crippen molar-refractivity contribution in [3.05, 3.63) is 83.2 Å². The molecule has 1 aliphatic heterocycles. The first-order chi connectivity index (χ1) is 19.2. The van der Waals surface area contributed by atoms with Crippen molar-refractivity contribution < 1.29 is 19.1 Å². The van der Waals surface area contributed by atoms with Gasteiger partial charge in [0.25, 0.3) is 5.91 Å². The van der Waals surface area contributed by atoms with E-state index < -0.39 is 11.8 Å². The second-order valence-corrected chi connectivity index (χ2v) is 11.0. The van der Waals surface area contributed by atoms with Gasteiger partial charge in [0.05, 0.1) is 28.8 Å². The number of aryl methyl sites for hydroxylation is 1. The predicted molar refractivity (Wildman–Crippen MR) is 146 cm³/mol. The number of rotatable bonds is 6. The monoisotopic (exact) mass is 542 g/mol. The molecule has 1 aliphatic carbocycles. The number of halogens is 1. The second-order valence-electron chi connectivity index (χ2n) is 11.0. The van der Waals surface area contributed by atoms with Crippen LogP contribution in [0.1, 0.15) is 83.5 Å². The van der Waals surface area contributed by atoms with Crippen LogP contribution in [-0.2, 0) is 7.05 Å². The Hall–Kier alpha value is -4.34. The van der Waals surface area contributed by atoms with Gasteiger partial charge in [0.1, 0.15) is 11.4 Å². The zero-order chi connectivity index (χ0) is 28.1. The minimum absolute atomic E-state index is 0.0464. The van der Waals surface area contributed by atoms with Crippen molar-refractivity contribution in [1.29, 1.82) is 0 Å². The summed E-state index contributed by atoms with van der Waals surface area (Å²) >= 11 is 0. The molecule has 10 heteroatoms. The number of hydrogen-bond donors (Lipinski definition) is 1. The van der Waals surface area contributed by atoms with Crippen LogP contribution in [0.2, 0.25) is 0 Å². The highest BCUT2D eigenvalue weighted by atomic mass is 19.1. The van der Waals surface area contributed by atoms with Crippen LogP contribution >= 0.6 is 0 Å². The lowest BCUT2D eigenvalue weighted by molar-refractivity contribution is 0.0505. The van der Waals surface area contributed by atoms with Gasteiger partial charge in [-0.15, -0.1) is 5.10 Å². The average molecular weight is 543 g/mol. The first-order valence-electron chi connectivity index (χ1n) is 13.6. The second kappa shape index (κ2) is 10.0. The predicted octanol–water partition coefficient (Wildman–Crippen LogP) is 5.18. The molecule has 4 aromatic rings. The number of benzene rings is 2. The minimum Gasteiger partial charge on any atom is -0.478 e. The molecule has 0 spiro atoms. The quantitative estimate of drug-likeness (QED) is 0.360. The van der Waals surface area contributed by atoms with Gasteiger partial charge in [-0.2, -0.15) is 5.10 Å². The summed E-state index contributed by atoms with van der Waals surface area (Å²) in [7, 11) is 1.79. The van der Waals surface area contributed by atoms with Crippen molar-refractivity contribution in [1.82, 2.24) is 29.7 Å². The number of aromatic nitrogens is 5. The Morgan fingerprint density at radius 3 is 2.48 bits per heavy atom. The number of nitrogens with zero attached hydrogens (tertiary/aromatic N) is 6. The molecule has 3 heterocycles. The van der Waals surface area contributed by atoms with E-state index in [1.54, 1.807) is 57.7 Å². The van der Waals surface area contributed by atoms with Gasteiger partial charge < -0.3 is 10.0 Å². The maximum Gasteiger partial charge on any atom is 0.339 e. The first kappa shape index (κ1) is 25.9. The van der Waals surface area contributed by atoms with Crippen molar-refractivity contribution in [2.75, 3.05) is 0 Å². The first-order valence-corrected chi connectivity index (χ1v) is 13.6. The van der Waals surface area contributed by atoms with Crippen molar-refractivity contribution in [2.24, 2.45) is 7.05 Å². The molecule has 2 aromatic heterocycles. The summed E-state index contributed by atoms with van der Waals surface area (Å²) in [5.74, 6) is -1.95. The number of carbonyl (C=O) groups is 2. The van der Waals surface area contributed by atoms with Crippen molar-refractivity contribution in [3.63, 3.8) is 0 Å². The third-order valence-electron chi connectivity index (χ3n) is 8.24. The average Bonchev–Trinajstić information content (AvgIpc) is 3.37. The third-order valence-corrected chi connectivity index (χ3v) is 8.24. The van der Waals surface area contributed by atoms with Gasteiger partial charge in [-0.25, -0.2) is 13.9 Å². The van der Waals surface area contributed by atoms with Crippen LogP contribution in [0.25, 0.3) is 16.8 Å². The van der Waals surface area contributed by atoms with E-state index in [4.69, 9.17) is 0 Å². The smallest absolute Gasteiger partial charge is 0.339 e. The van der Waals surface area contributed by atoms with Crippen LogP contribution in [0.5, 0.6) is 0 Å². The van der Waals surface area contributed by atoms with Crippen LogP contribution in [-0.4, -0.2) is 58.7 Å². The molecule has 0 radical (unpaired) electrons. The molecule has 1 saturated carbocycles. The molecule has 2 fully saturated rings. The number of carboxylic acid groups (broad SMARTS) is 1. The van der Waals surface area contributed by atoms with Gasteiger partial charge >= 0.3 is 5.97 Å². The van der Waals surface area contributed by atoms with Crippen LogP contribution in [0.4, 0.5) is 4.39 Å². The fraction of sp³-hybridized carbons (Fsp3) is 0.367. The van der Waals surface area contributed by atoms with Gasteiger partial charge in [0.15, 0.2) is 0 Å². The summed E-state index contributed by atoms with van der Waals surface area (Å²) in [6, 6.07) is 12.2. The number of aromatic carboxylic acids is 1. The third kappa shape index (κ3) is 4.47. The van der Waals surface area contributed by atoms with E-state index in [0.717, 1.165) is 31.4 Å². The summed E-state index contributed by atoms with van der Waals surface area (Å²) in [5, 5.41) is 22.5. The molecule has 0 unspecified atom stereocenters. The molecule has 4 atom stereocenters. The molecule has 206 valence electrons. The molecule has 40 heavy (non-hydrogen) atoms. The van der Waals surface area contributed by atoms with Gasteiger partial charge in [0, 0.05) is 42.7 Å². The fourth-order valence-corrected chi connectivity index (χ4v) is 6.13. The number of amides is 1. The summed E-state index contributed by atoms with van der Waals surface area (Å²) in [6.07, 6.45) is 6.80. The Balaban J connectivity index is 1.36. The molecule has 6 rings (SSSR count). The number of piperidine rings is 1. The highest BCUT2D eigenvalue weighted by Crippen LogP contribution is 2.55. The lowest BCUT2D eigenvalue weighted by Gasteiger charge is -2.39. The summed E-state index contributed by atoms with van der Waals surface area (Å²) in [5.41, 5.74) is 3.07. The largest absolute Gasteiger partial charge is 0.478 e. The van der Waals surface area contributed by atoms with Crippen LogP contribution in [0, 0.1) is 5.82 Å². The summed E-state index contributed by atoms with van der Waals surface area (Å²) in [4.78, 5) is 27.3. The van der Waals surface area contributed by atoms with E-state index >= 15 is 4.39 Å². The highest BCUT2D eigenvalue weighted by Gasteiger charge is 2.46. The Labute approximate surface area is 231 Å². The Kier molecular flexibility index (Phi) is 6.48. The maximum absolute atomic E-state index is 16.0. The van der Waals surface area contributed by atoms with E-state index in [1.807, 2.05) is 26.1 Å². The van der Waals surface area contributed by atoms with Crippen molar-refractivity contribution >= 4 is 11.9 Å². The van der Waals surface area contributed by atoms with E-state index in [-0.39, 0.29) is 41.0 Å². The number of carboxylic acids is 1. The van der Waals surface area contributed by atoms with Crippen LogP contribution in [0.15, 0.2) is 54.9 Å². The molecular weight excluding hydrogens is 511 g/mol. The molecule has 1 amide bonds. The van der Waals surface area contributed by atoms with Crippen LogP contribution < -0.4 is 0 Å². The summed E-state index contributed by atoms with van der Waals surface area (Å²) in [6.45, 7) is 4.03. The molecule has 2 aliphatic rings. The van der Waals surface area contributed by atoms with E-state index in [0.29, 0.717) is 22.5 Å². The maximum atomic E-state index is 16.0. The van der Waals surface area contributed by atoms with Crippen molar-refractivity contribution in [2.45, 2.75) is 63.5 Å². The van der Waals surface area contributed by atoms with E-state index in [2.05, 4.69) is 15.4 Å². The van der Waals surface area contributed by atoms with Crippen LogP contribution in [0.3, 0.4) is 0 Å². The minimum atomic E-state index is -1.05. The zero-order valence-electron chi connectivity index (χ0n) is 22.7. The Morgan fingerprint density at radius 1 is 1.02 bits per heavy atom. The number of carbonyl (C=O) groups excluding carboxylic acids is 1. The summed E-state index contributed by atoms with van der Waals surface area (Å²) < 4.78 is 19.2. The molecule has 2 aromatic carbocycles. The van der Waals surface area contributed by atoms with E-state index in [9.17, 15) is 14.7 Å². The Bertz CT molecular complexity index is 1600. The normalized spacial score (nSPS) is 22.4. The number of hydrogen-bond acceptors (Lipinski definition) is 5. The molecule has 1 saturated heterocycles. The fourth-order valence-electron chi connectivity index (χ4n) is 6.13. The zero-order valence-corrected chi connectivity index (χ0v) is 22.7. The van der Waals surface area contributed by atoms with E-state index in [1.165, 1.54) is 6.20 Å². The standard InChI is InChI=1S/C30H31FN6O3/c1-17-7-4-8-18(2)36(17)29(38)22-12-6-11-21(27(22)31)19-9-5-10-20(13-19)37-28(25(15-32-37)30(39)40)24-14-23(24)26-16-35(3)34-33-26/h5-6,9-13,15-18,23-24H,4,7-8,14H2,1-3H3,(H,39,40)/t17-,18+,23-,24-/m0/s1. The molecule has 0 bridgehead atoms. The number of likely N-dealkylation sites (tertiary alicyclic amines) is 1. The highest BCUT2D eigenvalue weighted by molar-refractivity contribution is 5.96. The molecular formula is C30H31FN6O3. The topological polar surface area (TPSA) is 106 Å². The lowest BCUT2D eigenvalue weighted by Crippen LogP contribution is -2.47. The van der Waals surface area contributed by atoms with Gasteiger partial charge in [-0.05, 0) is 63.3 Å². The Morgan fingerprint density at radius 2 is 1.77 bits per heavy atom. The molecule has 9 nitrogen and oxygen atoms in total. The van der Waals surface area contributed by atoms with Gasteiger partial charge in [-0.1, -0.05) is 29.5 Å². The lowest BCUT2D eigenvalue weighted by atomic mass is 9.95. The molecule has 1 N–H and O–H groups in total. The van der Waals surface area contributed by atoms with Gasteiger partial charge in [-0.3, -0.25) is 9.48 Å².